The summed E-state index contributed by atoms with van der Waals surface area (Å²) in [5.41, 5.74) is 1.63. The Hall–Kier alpha value is -0.860. The Morgan fingerprint density at radius 3 is 2.67 bits per heavy atom. The Morgan fingerprint density at radius 1 is 1.33 bits per heavy atom. The van der Waals surface area contributed by atoms with Gasteiger partial charge in [0.05, 0.1) is 5.54 Å². The van der Waals surface area contributed by atoms with Gasteiger partial charge in [-0.2, -0.15) is 0 Å². The van der Waals surface area contributed by atoms with Crippen LogP contribution in [0.4, 0.5) is 0 Å². The summed E-state index contributed by atoms with van der Waals surface area (Å²) in [6, 6.07) is 10.8. The second-order valence-corrected chi connectivity index (χ2v) is 4.35. The van der Waals surface area contributed by atoms with Crippen LogP contribution in [0, 0.1) is 0 Å². The molecule has 2 nitrogen and oxygen atoms in total. The summed E-state index contributed by atoms with van der Waals surface area (Å²) in [6.07, 6.45) is 1.15. The van der Waals surface area contributed by atoms with Crippen molar-refractivity contribution in [2.75, 3.05) is 26.7 Å². The Balaban J connectivity index is 2.35. The molecular weight excluding hydrogens is 184 g/mol. The maximum absolute atomic E-state index is 3.51. The van der Waals surface area contributed by atoms with E-state index in [0.717, 1.165) is 26.1 Å². The highest BCUT2D eigenvalue weighted by atomic mass is 15.2. The van der Waals surface area contributed by atoms with Gasteiger partial charge in [-0.1, -0.05) is 37.3 Å². The first-order valence-corrected chi connectivity index (χ1v) is 5.77. The lowest BCUT2D eigenvalue weighted by Crippen LogP contribution is -2.57. The SMILES string of the molecule is CCC1(c2ccccc2)CNCCN1C. The van der Waals surface area contributed by atoms with E-state index in [2.05, 4.69) is 54.5 Å². The van der Waals surface area contributed by atoms with Crippen LogP contribution in [0.25, 0.3) is 0 Å². The predicted octanol–water partition coefficient (Wildman–Crippen LogP) is 1.83. The summed E-state index contributed by atoms with van der Waals surface area (Å²) in [7, 11) is 2.23. The van der Waals surface area contributed by atoms with Crippen molar-refractivity contribution in [1.82, 2.24) is 10.2 Å². The summed E-state index contributed by atoms with van der Waals surface area (Å²) in [4.78, 5) is 2.48. The summed E-state index contributed by atoms with van der Waals surface area (Å²) in [6.45, 7) is 5.56. The van der Waals surface area contributed by atoms with Crippen LogP contribution in [0.3, 0.4) is 0 Å². The number of hydrogen-bond donors (Lipinski definition) is 1. The van der Waals surface area contributed by atoms with Gasteiger partial charge in [-0.05, 0) is 19.0 Å². The zero-order chi connectivity index (χ0) is 10.7. The van der Waals surface area contributed by atoms with E-state index in [9.17, 15) is 0 Å². The van der Waals surface area contributed by atoms with Crippen LogP contribution in [0.5, 0.6) is 0 Å². The molecule has 1 saturated heterocycles. The van der Waals surface area contributed by atoms with Gasteiger partial charge in [0, 0.05) is 19.6 Å². The fraction of sp³-hybridized carbons (Fsp3) is 0.538. The number of piperazine rings is 1. The smallest absolute Gasteiger partial charge is 0.0581 e. The molecule has 0 saturated carbocycles. The van der Waals surface area contributed by atoms with Crippen LogP contribution in [-0.4, -0.2) is 31.6 Å². The van der Waals surface area contributed by atoms with Crippen molar-refractivity contribution in [2.24, 2.45) is 0 Å². The first kappa shape index (κ1) is 10.7. The first-order chi connectivity index (χ1) is 7.29. The number of rotatable bonds is 2. The second-order valence-electron chi connectivity index (χ2n) is 4.35. The summed E-state index contributed by atoms with van der Waals surface area (Å²) in [5, 5.41) is 3.51. The van der Waals surface area contributed by atoms with Crippen molar-refractivity contribution in [1.29, 1.82) is 0 Å². The monoisotopic (exact) mass is 204 g/mol. The molecule has 2 rings (SSSR count). The van der Waals surface area contributed by atoms with E-state index in [0.29, 0.717) is 0 Å². The highest BCUT2D eigenvalue weighted by molar-refractivity contribution is 5.25. The average molecular weight is 204 g/mol. The highest BCUT2D eigenvalue weighted by Gasteiger charge is 2.36. The van der Waals surface area contributed by atoms with Gasteiger partial charge < -0.3 is 5.32 Å². The van der Waals surface area contributed by atoms with E-state index in [1.54, 1.807) is 0 Å². The standard InChI is InChI=1S/C13H20N2/c1-3-13(11-14-9-10-15(13)2)12-7-5-4-6-8-12/h4-8,14H,3,9-11H2,1-2H3. The second kappa shape index (κ2) is 4.33. The molecule has 0 amide bonds. The molecule has 1 heterocycles. The molecule has 1 aliphatic heterocycles. The molecule has 1 fully saturated rings. The van der Waals surface area contributed by atoms with Crippen molar-refractivity contribution in [3.05, 3.63) is 35.9 Å². The van der Waals surface area contributed by atoms with E-state index in [-0.39, 0.29) is 5.54 Å². The summed E-state index contributed by atoms with van der Waals surface area (Å²) in [5.74, 6) is 0. The van der Waals surface area contributed by atoms with E-state index in [1.807, 2.05) is 0 Å². The van der Waals surface area contributed by atoms with E-state index >= 15 is 0 Å². The lowest BCUT2D eigenvalue weighted by molar-refractivity contribution is 0.0814. The van der Waals surface area contributed by atoms with Crippen LogP contribution >= 0.6 is 0 Å². The predicted molar refractivity (Wildman–Crippen MR) is 63.9 cm³/mol. The molecule has 2 heteroatoms. The Morgan fingerprint density at radius 2 is 2.07 bits per heavy atom. The largest absolute Gasteiger partial charge is 0.313 e. The maximum Gasteiger partial charge on any atom is 0.0581 e. The molecule has 15 heavy (non-hydrogen) atoms. The molecule has 0 bridgehead atoms. The van der Waals surface area contributed by atoms with Gasteiger partial charge in [-0.3, -0.25) is 4.90 Å². The van der Waals surface area contributed by atoms with E-state index in [4.69, 9.17) is 0 Å². The maximum atomic E-state index is 3.51. The Kier molecular flexibility index (Phi) is 3.08. The summed E-state index contributed by atoms with van der Waals surface area (Å²) < 4.78 is 0. The quantitative estimate of drug-likeness (QED) is 0.790. The minimum absolute atomic E-state index is 0.194. The zero-order valence-corrected chi connectivity index (χ0v) is 9.66. The number of benzene rings is 1. The molecule has 1 aromatic carbocycles. The van der Waals surface area contributed by atoms with Gasteiger partial charge in [-0.15, -0.1) is 0 Å². The fourth-order valence-electron chi connectivity index (χ4n) is 2.56. The Bertz CT molecular complexity index is 310. The van der Waals surface area contributed by atoms with Gasteiger partial charge in [0.1, 0.15) is 0 Å². The van der Waals surface area contributed by atoms with Crippen molar-refractivity contribution < 1.29 is 0 Å². The molecule has 0 aromatic heterocycles. The third-order valence-electron chi connectivity index (χ3n) is 3.67. The van der Waals surface area contributed by atoms with Crippen molar-refractivity contribution in [3.8, 4) is 0 Å². The molecule has 1 unspecified atom stereocenters. The number of nitrogens with zero attached hydrogens (tertiary/aromatic N) is 1. The number of nitrogens with one attached hydrogen (secondary N) is 1. The first-order valence-electron chi connectivity index (χ1n) is 5.77. The lowest BCUT2D eigenvalue weighted by Gasteiger charge is -2.45. The normalized spacial score (nSPS) is 27.9. The van der Waals surface area contributed by atoms with Crippen LogP contribution in [-0.2, 0) is 5.54 Å². The molecule has 0 spiro atoms. The Labute approximate surface area is 92.3 Å². The zero-order valence-electron chi connectivity index (χ0n) is 9.66. The fourth-order valence-corrected chi connectivity index (χ4v) is 2.56. The number of likely N-dealkylation sites (N-methyl/N-ethyl adjacent to an activating group) is 1. The summed E-state index contributed by atoms with van der Waals surface area (Å²) >= 11 is 0. The van der Waals surface area contributed by atoms with E-state index in [1.165, 1.54) is 5.56 Å². The average Bonchev–Trinajstić information content (AvgIpc) is 2.31. The third kappa shape index (κ3) is 1.80. The molecule has 1 atom stereocenters. The van der Waals surface area contributed by atoms with Crippen LogP contribution < -0.4 is 5.32 Å². The van der Waals surface area contributed by atoms with Gasteiger partial charge >= 0.3 is 0 Å². The van der Waals surface area contributed by atoms with Crippen LogP contribution in [0.15, 0.2) is 30.3 Å². The molecule has 1 aliphatic rings. The van der Waals surface area contributed by atoms with Gasteiger partial charge in [-0.25, -0.2) is 0 Å². The van der Waals surface area contributed by atoms with Gasteiger partial charge in [0.2, 0.25) is 0 Å². The molecule has 82 valence electrons. The minimum atomic E-state index is 0.194. The minimum Gasteiger partial charge on any atom is -0.313 e. The molecular formula is C13H20N2. The third-order valence-corrected chi connectivity index (χ3v) is 3.67. The van der Waals surface area contributed by atoms with Crippen LogP contribution in [0.2, 0.25) is 0 Å². The van der Waals surface area contributed by atoms with E-state index < -0.39 is 0 Å². The topological polar surface area (TPSA) is 15.3 Å². The van der Waals surface area contributed by atoms with Gasteiger partial charge in [0.25, 0.3) is 0 Å². The lowest BCUT2D eigenvalue weighted by atomic mass is 9.84. The molecule has 0 aliphatic carbocycles. The van der Waals surface area contributed by atoms with Gasteiger partial charge in [0.15, 0.2) is 0 Å². The molecule has 1 N–H and O–H groups in total. The number of hydrogen-bond acceptors (Lipinski definition) is 2. The van der Waals surface area contributed by atoms with Crippen molar-refractivity contribution in [2.45, 2.75) is 18.9 Å². The molecule has 0 radical (unpaired) electrons. The highest BCUT2D eigenvalue weighted by Crippen LogP contribution is 2.31. The molecule has 1 aromatic rings. The van der Waals surface area contributed by atoms with Crippen molar-refractivity contribution >= 4 is 0 Å². The van der Waals surface area contributed by atoms with Crippen molar-refractivity contribution in [3.63, 3.8) is 0 Å². The van der Waals surface area contributed by atoms with Crippen LogP contribution in [0.1, 0.15) is 18.9 Å².